The molecule has 0 unspecified atom stereocenters. The third-order valence-electron chi connectivity index (χ3n) is 3.76. The molecule has 120 valence electrons. The minimum Gasteiger partial charge on any atom is -0.344 e. The summed E-state index contributed by atoms with van der Waals surface area (Å²) in [5.41, 5.74) is -0.397. The van der Waals surface area contributed by atoms with Crippen molar-refractivity contribution in [2.45, 2.75) is 25.3 Å². The van der Waals surface area contributed by atoms with Crippen LogP contribution < -0.4 is 10.6 Å². The van der Waals surface area contributed by atoms with Crippen molar-refractivity contribution in [2.24, 2.45) is 0 Å². The molecule has 6 nitrogen and oxygen atoms in total. The number of benzene rings is 1. The summed E-state index contributed by atoms with van der Waals surface area (Å²) in [5, 5.41) is 5.21. The Labute approximate surface area is 135 Å². The molecular weight excluding hydrogens is 294 g/mol. The number of carbonyl (C=O) groups excluding carboxylic acids is 3. The largest absolute Gasteiger partial charge is 0.344 e. The van der Waals surface area contributed by atoms with Gasteiger partial charge in [-0.15, -0.1) is 6.42 Å². The maximum atomic E-state index is 12.9. The molecule has 1 saturated heterocycles. The molecule has 0 aliphatic carbocycles. The highest BCUT2D eigenvalue weighted by molar-refractivity contribution is 6.09. The minimum atomic E-state index is -1.11. The van der Waals surface area contributed by atoms with E-state index in [2.05, 4.69) is 16.6 Å². The summed E-state index contributed by atoms with van der Waals surface area (Å²) < 4.78 is 0. The molecule has 0 spiro atoms. The standard InChI is InChI=1S/C17H19N3O3/c1-3-10-17(13-8-6-5-7-9-13)15(22)20(16(23)19-17)12-14(21)18-11-4-2/h2,5-9H,3,10-12H2,1H3,(H,18,21)(H,19,23)/t17-/m0/s1. The van der Waals surface area contributed by atoms with Gasteiger partial charge in [0, 0.05) is 0 Å². The Morgan fingerprint density at radius 3 is 2.65 bits per heavy atom. The summed E-state index contributed by atoms with van der Waals surface area (Å²) in [6.45, 7) is 1.65. The number of terminal acetylenes is 1. The van der Waals surface area contributed by atoms with Gasteiger partial charge in [0.25, 0.3) is 5.91 Å². The first-order chi connectivity index (χ1) is 11.0. The Bertz CT molecular complexity index is 651. The second-order valence-corrected chi connectivity index (χ2v) is 5.32. The van der Waals surface area contributed by atoms with Crippen LogP contribution in [0.1, 0.15) is 25.3 Å². The van der Waals surface area contributed by atoms with Crippen LogP contribution in [0.15, 0.2) is 30.3 Å². The molecule has 1 heterocycles. The lowest BCUT2D eigenvalue weighted by atomic mass is 9.85. The van der Waals surface area contributed by atoms with Gasteiger partial charge in [-0.3, -0.25) is 14.5 Å². The first kappa shape index (κ1) is 16.6. The fourth-order valence-corrected chi connectivity index (χ4v) is 2.73. The van der Waals surface area contributed by atoms with Crippen molar-refractivity contribution in [1.29, 1.82) is 0 Å². The summed E-state index contributed by atoms with van der Waals surface area (Å²) in [6, 6.07) is 8.51. The average Bonchev–Trinajstić information content (AvgIpc) is 2.79. The van der Waals surface area contributed by atoms with Gasteiger partial charge in [0.05, 0.1) is 6.54 Å². The first-order valence-corrected chi connectivity index (χ1v) is 7.45. The Balaban J connectivity index is 2.27. The number of nitrogens with one attached hydrogen (secondary N) is 2. The summed E-state index contributed by atoms with van der Waals surface area (Å²) >= 11 is 0. The highest BCUT2D eigenvalue weighted by Gasteiger charge is 2.52. The van der Waals surface area contributed by atoms with Crippen LogP contribution in [0.3, 0.4) is 0 Å². The molecule has 0 saturated carbocycles. The van der Waals surface area contributed by atoms with Crippen molar-refractivity contribution in [1.82, 2.24) is 15.5 Å². The van der Waals surface area contributed by atoms with E-state index in [9.17, 15) is 14.4 Å². The fourth-order valence-electron chi connectivity index (χ4n) is 2.73. The van der Waals surface area contributed by atoms with Crippen molar-refractivity contribution >= 4 is 17.8 Å². The van der Waals surface area contributed by atoms with Gasteiger partial charge in [-0.2, -0.15) is 0 Å². The van der Waals surface area contributed by atoms with Gasteiger partial charge in [0.15, 0.2) is 0 Å². The lowest BCUT2D eigenvalue weighted by Crippen LogP contribution is -2.45. The van der Waals surface area contributed by atoms with Gasteiger partial charge >= 0.3 is 6.03 Å². The number of hydrogen-bond donors (Lipinski definition) is 2. The van der Waals surface area contributed by atoms with Crippen molar-refractivity contribution in [3.05, 3.63) is 35.9 Å². The Morgan fingerprint density at radius 2 is 2.04 bits per heavy atom. The number of hydrogen-bond acceptors (Lipinski definition) is 3. The van der Waals surface area contributed by atoms with Crippen molar-refractivity contribution < 1.29 is 14.4 Å². The Hall–Kier alpha value is -2.81. The van der Waals surface area contributed by atoms with E-state index in [4.69, 9.17) is 6.42 Å². The molecule has 1 atom stereocenters. The minimum absolute atomic E-state index is 0.0568. The number of nitrogens with zero attached hydrogens (tertiary/aromatic N) is 1. The van der Waals surface area contributed by atoms with Crippen molar-refractivity contribution in [3.63, 3.8) is 0 Å². The smallest absolute Gasteiger partial charge is 0.325 e. The molecule has 1 aliphatic heterocycles. The SMILES string of the molecule is C#CCNC(=O)CN1C(=O)N[C@@](CCC)(c2ccccc2)C1=O. The maximum absolute atomic E-state index is 12.9. The highest BCUT2D eigenvalue weighted by Crippen LogP contribution is 2.33. The summed E-state index contributed by atoms with van der Waals surface area (Å²) in [5.74, 6) is 1.40. The molecule has 1 aromatic carbocycles. The second kappa shape index (κ2) is 6.97. The Morgan fingerprint density at radius 1 is 1.35 bits per heavy atom. The van der Waals surface area contributed by atoms with Crippen LogP contribution in [-0.4, -0.2) is 35.8 Å². The number of carbonyl (C=O) groups is 3. The highest BCUT2D eigenvalue weighted by atomic mass is 16.2. The van der Waals surface area contributed by atoms with E-state index in [0.717, 1.165) is 4.90 Å². The van der Waals surface area contributed by atoms with Gasteiger partial charge < -0.3 is 10.6 Å². The van der Waals surface area contributed by atoms with Crippen LogP contribution in [0.25, 0.3) is 0 Å². The molecule has 4 amide bonds. The van der Waals surface area contributed by atoms with E-state index in [0.29, 0.717) is 18.4 Å². The van der Waals surface area contributed by atoms with Gasteiger partial charge in [0.2, 0.25) is 5.91 Å². The summed E-state index contributed by atoms with van der Waals surface area (Å²) in [6.07, 6.45) is 6.24. The molecule has 2 N–H and O–H groups in total. The van der Waals surface area contributed by atoms with Crippen molar-refractivity contribution in [2.75, 3.05) is 13.1 Å². The van der Waals surface area contributed by atoms with Gasteiger partial charge in [0.1, 0.15) is 12.1 Å². The van der Waals surface area contributed by atoms with Crippen LogP contribution in [0.4, 0.5) is 4.79 Å². The number of urea groups is 1. The van der Waals surface area contributed by atoms with E-state index >= 15 is 0 Å². The summed E-state index contributed by atoms with van der Waals surface area (Å²) in [7, 11) is 0. The first-order valence-electron chi connectivity index (χ1n) is 7.45. The third kappa shape index (κ3) is 3.19. The monoisotopic (exact) mass is 313 g/mol. The molecule has 2 rings (SSSR count). The third-order valence-corrected chi connectivity index (χ3v) is 3.76. The van der Waals surface area contributed by atoms with Crippen LogP contribution in [-0.2, 0) is 15.1 Å². The zero-order valence-electron chi connectivity index (χ0n) is 13.0. The molecule has 0 bridgehead atoms. The molecule has 1 aliphatic rings. The van der Waals surface area contributed by atoms with Crippen molar-refractivity contribution in [3.8, 4) is 12.3 Å². The predicted octanol–water partition coefficient (Wildman–Crippen LogP) is 0.983. The molecule has 0 aromatic heterocycles. The molecule has 23 heavy (non-hydrogen) atoms. The van der Waals surface area contributed by atoms with Crippen LogP contribution in [0.5, 0.6) is 0 Å². The number of rotatable bonds is 6. The van der Waals surface area contributed by atoms with Crippen LogP contribution >= 0.6 is 0 Å². The van der Waals surface area contributed by atoms with E-state index in [-0.39, 0.29) is 13.1 Å². The second-order valence-electron chi connectivity index (χ2n) is 5.32. The fraction of sp³-hybridized carbons (Fsp3) is 0.353. The maximum Gasteiger partial charge on any atom is 0.325 e. The molecule has 1 aromatic rings. The summed E-state index contributed by atoms with van der Waals surface area (Å²) in [4.78, 5) is 37.8. The average molecular weight is 313 g/mol. The number of amides is 4. The normalized spacial score (nSPS) is 20.1. The molecule has 6 heteroatoms. The topological polar surface area (TPSA) is 78.5 Å². The lowest BCUT2D eigenvalue weighted by molar-refractivity contribution is -0.135. The molecule has 0 radical (unpaired) electrons. The van der Waals surface area contributed by atoms with E-state index < -0.39 is 23.4 Å². The van der Waals surface area contributed by atoms with E-state index in [1.165, 1.54) is 0 Å². The van der Waals surface area contributed by atoms with Gasteiger partial charge in [-0.05, 0) is 12.0 Å². The molecular formula is C17H19N3O3. The number of imide groups is 1. The molecule has 1 fully saturated rings. The van der Waals surface area contributed by atoms with Crippen LogP contribution in [0.2, 0.25) is 0 Å². The van der Waals surface area contributed by atoms with Gasteiger partial charge in [-0.25, -0.2) is 4.79 Å². The van der Waals surface area contributed by atoms with Crippen LogP contribution in [0, 0.1) is 12.3 Å². The Kier molecular flexibility index (Phi) is 5.02. The van der Waals surface area contributed by atoms with E-state index in [1.54, 1.807) is 12.1 Å². The van der Waals surface area contributed by atoms with Gasteiger partial charge in [-0.1, -0.05) is 49.6 Å². The zero-order valence-corrected chi connectivity index (χ0v) is 13.0. The predicted molar refractivity (Wildman–Crippen MR) is 85.1 cm³/mol. The quantitative estimate of drug-likeness (QED) is 0.607. The lowest BCUT2D eigenvalue weighted by Gasteiger charge is -2.26. The van der Waals surface area contributed by atoms with E-state index in [1.807, 2.05) is 25.1 Å². The zero-order chi connectivity index (χ0) is 16.9.